The van der Waals surface area contributed by atoms with Crippen molar-refractivity contribution in [3.8, 4) is 17.6 Å². The van der Waals surface area contributed by atoms with E-state index in [-0.39, 0.29) is 31.4 Å². The molecule has 0 spiro atoms. The van der Waals surface area contributed by atoms with Gasteiger partial charge in [0.15, 0.2) is 0 Å². The minimum atomic E-state index is 0. The van der Waals surface area contributed by atoms with Crippen LogP contribution in [-0.4, -0.2) is 55.3 Å². The smallest absolute Gasteiger partial charge is 0.118 e. The van der Waals surface area contributed by atoms with E-state index in [0.29, 0.717) is 18.4 Å². The van der Waals surface area contributed by atoms with Gasteiger partial charge in [-0.05, 0) is 54.3 Å². The molecule has 2 aromatic carbocycles. The summed E-state index contributed by atoms with van der Waals surface area (Å²) in [6.07, 6.45) is 0.530. The van der Waals surface area contributed by atoms with Crippen molar-refractivity contribution >= 4 is 24.8 Å². The number of fused-ring (bicyclic) bond motifs is 1. The van der Waals surface area contributed by atoms with Crippen LogP contribution in [0.25, 0.3) is 0 Å². The van der Waals surface area contributed by atoms with Crippen LogP contribution >= 0.6 is 24.8 Å². The highest BCUT2D eigenvalue weighted by Gasteiger charge is 2.45. The summed E-state index contributed by atoms with van der Waals surface area (Å²) in [5.74, 6) is 8.41. The zero-order valence-electron chi connectivity index (χ0n) is 18.2. The van der Waals surface area contributed by atoms with Crippen molar-refractivity contribution in [1.82, 2.24) is 9.80 Å². The minimum absolute atomic E-state index is 0. The number of halogens is 2. The molecule has 0 amide bonds. The zero-order chi connectivity index (χ0) is 20.2. The second-order valence-corrected chi connectivity index (χ2v) is 8.25. The molecule has 0 unspecified atom stereocenters. The van der Waals surface area contributed by atoms with E-state index in [1.54, 1.807) is 7.11 Å². The van der Waals surface area contributed by atoms with E-state index in [0.717, 1.165) is 36.9 Å². The van der Waals surface area contributed by atoms with Crippen LogP contribution in [0.4, 0.5) is 0 Å². The minimum Gasteiger partial charge on any atom is -0.497 e. The van der Waals surface area contributed by atoms with E-state index in [1.165, 1.54) is 17.7 Å². The Bertz CT molecular complexity index is 877. The number of hydrogen-bond acceptors (Lipinski definition) is 4. The number of hydrogen-bond donors (Lipinski definition) is 1. The summed E-state index contributed by atoms with van der Waals surface area (Å²) in [5, 5.41) is 8.83. The normalized spacial score (nSPS) is 22.6. The van der Waals surface area contributed by atoms with Gasteiger partial charge in [-0.1, -0.05) is 36.1 Å². The number of aliphatic hydroxyl groups excluding tert-OH is 1. The topological polar surface area (TPSA) is 35.9 Å². The number of aliphatic hydroxyl groups is 1. The fourth-order valence-corrected chi connectivity index (χ4v) is 4.95. The van der Waals surface area contributed by atoms with Gasteiger partial charge in [0, 0.05) is 44.2 Å². The first-order chi connectivity index (χ1) is 14.2. The molecule has 2 saturated heterocycles. The molecule has 1 N–H and O–H groups in total. The van der Waals surface area contributed by atoms with Crippen LogP contribution in [0, 0.1) is 23.7 Å². The molecule has 2 heterocycles. The molecule has 0 aromatic heterocycles. The van der Waals surface area contributed by atoms with E-state index < -0.39 is 0 Å². The van der Waals surface area contributed by atoms with Crippen molar-refractivity contribution in [2.24, 2.45) is 11.8 Å². The van der Waals surface area contributed by atoms with E-state index in [2.05, 4.69) is 77.2 Å². The predicted molar refractivity (Wildman–Crippen MR) is 130 cm³/mol. The number of benzene rings is 2. The first-order valence-electron chi connectivity index (χ1n) is 10.4. The van der Waals surface area contributed by atoms with Gasteiger partial charge in [0.25, 0.3) is 0 Å². The van der Waals surface area contributed by atoms with E-state index >= 15 is 0 Å². The van der Waals surface area contributed by atoms with E-state index in [9.17, 15) is 0 Å². The molecule has 0 aliphatic carbocycles. The van der Waals surface area contributed by atoms with Crippen molar-refractivity contribution in [2.75, 3.05) is 40.4 Å². The highest BCUT2D eigenvalue weighted by Crippen LogP contribution is 2.44. The molecule has 6 heteroatoms. The number of nitrogens with zero attached hydrogens (tertiary/aromatic N) is 2. The third kappa shape index (κ3) is 5.94. The number of methoxy groups -OCH3 is 1. The number of likely N-dealkylation sites (tertiary alicyclic amines) is 2. The van der Waals surface area contributed by atoms with Gasteiger partial charge in [0.05, 0.1) is 13.7 Å². The first kappa shape index (κ1) is 25.5. The SMILES string of the molecule is COc1ccc([C@H]2[C@@H]3CN(Cc4ccc(C#CCCO)cc4)C[C@@H]3CN2C)cc1.Cl.Cl. The highest BCUT2D eigenvalue weighted by molar-refractivity contribution is 5.85. The zero-order valence-corrected chi connectivity index (χ0v) is 19.8. The Balaban J connectivity index is 0.00000171. The van der Waals surface area contributed by atoms with Gasteiger partial charge in [0.2, 0.25) is 0 Å². The van der Waals surface area contributed by atoms with Gasteiger partial charge in [-0.2, -0.15) is 0 Å². The third-order valence-electron chi connectivity index (χ3n) is 6.26. The van der Waals surface area contributed by atoms with Crippen molar-refractivity contribution in [3.05, 3.63) is 65.2 Å². The molecular formula is C25H32Cl2N2O2. The van der Waals surface area contributed by atoms with Gasteiger partial charge >= 0.3 is 0 Å². The number of rotatable bonds is 5. The molecule has 3 atom stereocenters. The van der Waals surface area contributed by atoms with Crippen molar-refractivity contribution < 1.29 is 9.84 Å². The molecule has 4 nitrogen and oxygen atoms in total. The fraction of sp³-hybridized carbons (Fsp3) is 0.440. The quantitative estimate of drug-likeness (QED) is 0.680. The Morgan fingerprint density at radius 1 is 1.00 bits per heavy atom. The maximum absolute atomic E-state index is 8.83. The summed E-state index contributed by atoms with van der Waals surface area (Å²) in [5.41, 5.74) is 3.75. The van der Waals surface area contributed by atoms with Crippen LogP contribution in [0.2, 0.25) is 0 Å². The van der Waals surface area contributed by atoms with Crippen LogP contribution in [0.3, 0.4) is 0 Å². The van der Waals surface area contributed by atoms with Gasteiger partial charge in [-0.15, -0.1) is 24.8 Å². The average molecular weight is 463 g/mol. The lowest BCUT2D eigenvalue weighted by Gasteiger charge is -2.27. The van der Waals surface area contributed by atoms with Crippen molar-refractivity contribution in [1.29, 1.82) is 0 Å². The monoisotopic (exact) mass is 462 g/mol. The lowest BCUT2D eigenvalue weighted by molar-refractivity contribution is 0.224. The van der Waals surface area contributed by atoms with Crippen molar-refractivity contribution in [3.63, 3.8) is 0 Å². The molecule has 31 heavy (non-hydrogen) atoms. The largest absolute Gasteiger partial charge is 0.497 e. The summed E-state index contributed by atoms with van der Waals surface area (Å²) >= 11 is 0. The van der Waals surface area contributed by atoms with Crippen LogP contribution < -0.4 is 4.74 Å². The molecule has 0 radical (unpaired) electrons. The Kier molecular flexibility index (Phi) is 9.68. The second-order valence-electron chi connectivity index (χ2n) is 8.25. The fourth-order valence-electron chi connectivity index (χ4n) is 4.95. The van der Waals surface area contributed by atoms with Gasteiger partial charge in [0.1, 0.15) is 5.75 Å². The number of ether oxygens (including phenoxy) is 1. The summed E-state index contributed by atoms with van der Waals surface area (Å²) in [7, 11) is 3.98. The Morgan fingerprint density at radius 2 is 1.71 bits per heavy atom. The molecule has 0 bridgehead atoms. The summed E-state index contributed by atoms with van der Waals surface area (Å²) < 4.78 is 5.32. The lowest BCUT2D eigenvalue weighted by atomic mass is 9.89. The van der Waals surface area contributed by atoms with Crippen LogP contribution in [0.1, 0.15) is 29.2 Å². The van der Waals surface area contributed by atoms with E-state index in [1.807, 2.05) is 0 Å². The van der Waals surface area contributed by atoms with Crippen LogP contribution in [0.5, 0.6) is 5.75 Å². The Morgan fingerprint density at radius 3 is 2.35 bits per heavy atom. The van der Waals surface area contributed by atoms with Crippen molar-refractivity contribution in [2.45, 2.75) is 19.0 Å². The molecule has 2 aliphatic rings. The maximum Gasteiger partial charge on any atom is 0.118 e. The van der Waals surface area contributed by atoms with Gasteiger partial charge < -0.3 is 9.84 Å². The Labute approximate surface area is 198 Å². The lowest BCUT2D eigenvalue weighted by Crippen LogP contribution is -2.28. The molecule has 2 aromatic rings. The summed E-state index contributed by atoms with van der Waals surface area (Å²) in [6, 6.07) is 17.6. The van der Waals surface area contributed by atoms with E-state index in [4.69, 9.17) is 9.84 Å². The average Bonchev–Trinajstić information content (AvgIpc) is 3.25. The molecule has 0 saturated carbocycles. The second kappa shape index (κ2) is 11.8. The van der Waals surface area contributed by atoms with Crippen LogP contribution in [-0.2, 0) is 6.54 Å². The standard InChI is InChI=1S/C25H30N2O2.2ClH/c1-26-16-22-17-27(15-20-8-6-19(7-9-20)5-3-4-14-28)18-24(22)25(26)21-10-12-23(29-2)13-11-21;;/h6-13,22,24-25,28H,4,14-18H2,1-2H3;2*1H/t22-,24+,25-;;/m0../s1. The molecule has 2 aliphatic heterocycles. The summed E-state index contributed by atoms with van der Waals surface area (Å²) in [6.45, 7) is 4.59. The maximum atomic E-state index is 8.83. The molecule has 4 rings (SSSR count). The van der Waals surface area contributed by atoms with Gasteiger partial charge in [-0.3, -0.25) is 9.80 Å². The Hall–Kier alpha value is -1.74. The van der Waals surface area contributed by atoms with Crippen LogP contribution in [0.15, 0.2) is 48.5 Å². The third-order valence-corrected chi connectivity index (χ3v) is 6.26. The first-order valence-corrected chi connectivity index (χ1v) is 10.4. The summed E-state index contributed by atoms with van der Waals surface area (Å²) in [4.78, 5) is 5.12. The van der Waals surface area contributed by atoms with Gasteiger partial charge in [-0.25, -0.2) is 0 Å². The highest BCUT2D eigenvalue weighted by atomic mass is 35.5. The predicted octanol–water partition coefficient (Wildman–Crippen LogP) is 4.01. The molecule has 168 valence electrons. The molecular weight excluding hydrogens is 431 g/mol. The molecule has 2 fully saturated rings.